The number of carbonyl (C=O) groups is 1. The Hall–Kier alpha value is -0.570. The van der Waals surface area contributed by atoms with Crippen molar-refractivity contribution in [3.8, 4) is 0 Å². The molecule has 3 nitrogen and oxygen atoms in total. The molecule has 0 spiro atoms. The summed E-state index contributed by atoms with van der Waals surface area (Å²) >= 11 is 0. The molecule has 0 aromatic rings. The van der Waals surface area contributed by atoms with Crippen molar-refractivity contribution in [1.29, 1.82) is 0 Å². The van der Waals surface area contributed by atoms with Crippen molar-refractivity contribution >= 4 is 5.97 Å². The van der Waals surface area contributed by atoms with Crippen LogP contribution in [0.2, 0.25) is 0 Å². The lowest BCUT2D eigenvalue weighted by atomic mass is 9.52. The smallest absolute Gasteiger partial charge is 0.322 e. The van der Waals surface area contributed by atoms with Crippen molar-refractivity contribution in [3.63, 3.8) is 0 Å². The first kappa shape index (κ1) is 11.5. The molecule has 4 aliphatic rings. The minimum atomic E-state index is -0.480. The van der Waals surface area contributed by atoms with E-state index >= 15 is 0 Å². The molecule has 0 heterocycles. The van der Waals surface area contributed by atoms with E-state index in [-0.39, 0.29) is 5.97 Å². The van der Waals surface area contributed by atoms with Crippen LogP contribution in [-0.2, 0) is 9.53 Å². The van der Waals surface area contributed by atoms with Gasteiger partial charge in [-0.3, -0.25) is 4.79 Å². The summed E-state index contributed by atoms with van der Waals surface area (Å²) in [5.41, 5.74) is 5.52. The Labute approximate surface area is 103 Å². The Morgan fingerprint density at radius 2 is 1.71 bits per heavy atom. The van der Waals surface area contributed by atoms with E-state index in [1.807, 2.05) is 0 Å². The predicted octanol–water partition coefficient (Wildman–Crippen LogP) is 1.95. The molecule has 4 bridgehead atoms. The molecule has 4 saturated carbocycles. The summed E-state index contributed by atoms with van der Waals surface area (Å²) in [7, 11) is 0. The Balaban J connectivity index is 1.59. The van der Waals surface area contributed by atoms with Gasteiger partial charge in [0, 0.05) is 0 Å². The van der Waals surface area contributed by atoms with E-state index in [1.165, 1.54) is 32.1 Å². The fourth-order valence-electron chi connectivity index (χ4n) is 4.62. The summed E-state index contributed by atoms with van der Waals surface area (Å²) in [6, 6.07) is -0.480. The lowest BCUT2D eigenvalue weighted by Gasteiger charge is -2.54. The summed E-state index contributed by atoms with van der Waals surface area (Å²) in [5.74, 6) is 4.01. The summed E-state index contributed by atoms with van der Waals surface area (Å²) < 4.78 is 5.37. The van der Waals surface area contributed by atoms with Crippen LogP contribution in [0.25, 0.3) is 0 Å². The normalized spacial score (nSPS) is 44.7. The third-order valence-corrected chi connectivity index (χ3v) is 5.21. The van der Waals surface area contributed by atoms with Gasteiger partial charge in [0.2, 0.25) is 0 Å². The van der Waals surface area contributed by atoms with Crippen LogP contribution >= 0.6 is 0 Å². The Kier molecular flexibility index (Phi) is 2.89. The molecule has 0 amide bonds. The van der Waals surface area contributed by atoms with Crippen LogP contribution in [0, 0.1) is 29.6 Å². The first-order valence-corrected chi connectivity index (χ1v) is 7.05. The molecule has 4 aliphatic carbocycles. The standard InChI is InChI=1S/C14H23NO2/c1-8(15)14(16)17-7-13-11-3-9-2-10(5-11)6-12(13)4-9/h8-13H,2-7,15H2,1H3. The van der Waals surface area contributed by atoms with Gasteiger partial charge < -0.3 is 10.5 Å². The molecule has 96 valence electrons. The highest BCUT2D eigenvalue weighted by atomic mass is 16.5. The van der Waals surface area contributed by atoms with E-state index in [0.29, 0.717) is 12.5 Å². The van der Waals surface area contributed by atoms with Gasteiger partial charge in [0.1, 0.15) is 6.04 Å². The van der Waals surface area contributed by atoms with Crippen molar-refractivity contribution < 1.29 is 9.53 Å². The number of ether oxygens (including phenoxy) is 1. The molecule has 1 unspecified atom stereocenters. The van der Waals surface area contributed by atoms with Crippen LogP contribution in [0.15, 0.2) is 0 Å². The number of hydrogen-bond donors (Lipinski definition) is 1. The SMILES string of the molecule is CC(N)C(=O)OCC1C2CC3CC(C2)CC1C3. The number of nitrogens with two attached hydrogens (primary N) is 1. The number of esters is 1. The van der Waals surface area contributed by atoms with Crippen LogP contribution in [0.1, 0.15) is 39.0 Å². The van der Waals surface area contributed by atoms with Gasteiger partial charge in [-0.25, -0.2) is 0 Å². The average Bonchev–Trinajstić information content (AvgIpc) is 2.26. The summed E-state index contributed by atoms with van der Waals surface area (Å²) in [6.07, 6.45) is 7.00. The van der Waals surface area contributed by atoms with E-state index in [0.717, 1.165) is 23.7 Å². The van der Waals surface area contributed by atoms with Gasteiger partial charge in [-0.1, -0.05) is 0 Å². The topological polar surface area (TPSA) is 52.3 Å². The Morgan fingerprint density at radius 1 is 1.18 bits per heavy atom. The maximum Gasteiger partial charge on any atom is 0.322 e. The number of rotatable bonds is 3. The average molecular weight is 237 g/mol. The van der Waals surface area contributed by atoms with E-state index in [9.17, 15) is 4.79 Å². The molecule has 0 aromatic carbocycles. The minimum Gasteiger partial charge on any atom is -0.464 e. The quantitative estimate of drug-likeness (QED) is 0.763. The molecule has 4 fully saturated rings. The van der Waals surface area contributed by atoms with Crippen molar-refractivity contribution in [3.05, 3.63) is 0 Å². The zero-order chi connectivity index (χ0) is 12.0. The molecule has 2 N–H and O–H groups in total. The third kappa shape index (κ3) is 2.10. The maximum atomic E-state index is 11.4. The second-order valence-electron chi connectivity index (χ2n) is 6.51. The fraction of sp³-hybridized carbons (Fsp3) is 0.929. The highest BCUT2D eigenvalue weighted by Crippen LogP contribution is 2.56. The van der Waals surface area contributed by atoms with Gasteiger partial charge in [0.05, 0.1) is 6.61 Å². The van der Waals surface area contributed by atoms with Crippen molar-refractivity contribution in [2.24, 2.45) is 35.3 Å². The molecule has 0 radical (unpaired) electrons. The summed E-state index contributed by atoms with van der Waals surface area (Å²) in [5, 5.41) is 0. The Bertz CT molecular complexity index is 285. The molecular formula is C14H23NO2. The second kappa shape index (κ2) is 4.27. The monoisotopic (exact) mass is 237 g/mol. The van der Waals surface area contributed by atoms with Crippen molar-refractivity contribution in [1.82, 2.24) is 0 Å². The minimum absolute atomic E-state index is 0.237. The van der Waals surface area contributed by atoms with E-state index in [4.69, 9.17) is 10.5 Å². The molecule has 0 aliphatic heterocycles. The summed E-state index contributed by atoms with van der Waals surface area (Å²) in [4.78, 5) is 11.4. The molecular weight excluding hydrogens is 214 g/mol. The zero-order valence-corrected chi connectivity index (χ0v) is 10.6. The van der Waals surface area contributed by atoms with Crippen molar-refractivity contribution in [2.45, 2.75) is 45.1 Å². The van der Waals surface area contributed by atoms with Gasteiger partial charge in [0.25, 0.3) is 0 Å². The highest BCUT2D eigenvalue weighted by Gasteiger charge is 2.48. The first-order chi connectivity index (χ1) is 8.13. The Morgan fingerprint density at radius 3 is 2.18 bits per heavy atom. The number of hydrogen-bond acceptors (Lipinski definition) is 3. The van der Waals surface area contributed by atoms with E-state index in [2.05, 4.69) is 0 Å². The largest absolute Gasteiger partial charge is 0.464 e. The molecule has 4 rings (SSSR count). The summed E-state index contributed by atoms with van der Waals surface area (Å²) in [6.45, 7) is 2.31. The van der Waals surface area contributed by atoms with Gasteiger partial charge >= 0.3 is 5.97 Å². The van der Waals surface area contributed by atoms with Crippen LogP contribution in [0.4, 0.5) is 0 Å². The lowest BCUT2D eigenvalue weighted by molar-refractivity contribution is -0.151. The van der Waals surface area contributed by atoms with Crippen molar-refractivity contribution in [2.75, 3.05) is 6.61 Å². The van der Waals surface area contributed by atoms with Crippen LogP contribution in [0.3, 0.4) is 0 Å². The number of carbonyl (C=O) groups excluding carboxylic acids is 1. The van der Waals surface area contributed by atoms with Gasteiger partial charge in [-0.2, -0.15) is 0 Å². The predicted molar refractivity (Wildman–Crippen MR) is 65.1 cm³/mol. The highest BCUT2D eigenvalue weighted by molar-refractivity contribution is 5.74. The van der Waals surface area contributed by atoms with E-state index < -0.39 is 6.04 Å². The lowest BCUT2D eigenvalue weighted by Crippen LogP contribution is -2.47. The van der Waals surface area contributed by atoms with E-state index in [1.54, 1.807) is 6.92 Å². The molecule has 0 aromatic heterocycles. The van der Waals surface area contributed by atoms with Gasteiger partial charge in [-0.05, 0) is 68.6 Å². The molecule has 1 atom stereocenters. The van der Waals surface area contributed by atoms with Crippen LogP contribution in [0.5, 0.6) is 0 Å². The van der Waals surface area contributed by atoms with Gasteiger partial charge in [-0.15, -0.1) is 0 Å². The fourth-order valence-corrected chi connectivity index (χ4v) is 4.62. The second-order valence-corrected chi connectivity index (χ2v) is 6.51. The molecule has 0 saturated heterocycles. The third-order valence-electron chi connectivity index (χ3n) is 5.21. The van der Waals surface area contributed by atoms with Crippen LogP contribution < -0.4 is 5.73 Å². The van der Waals surface area contributed by atoms with Crippen LogP contribution in [-0.4, -0.2) is 18.6 Å². The maximum absolute atomic E-state index is 11.4. The molecule has 3 heteroatoms. The molecule has 17 heavy (non-hydrogen) atoms. The first-order valence-electron chi connectivity index (χ1n) is 7.05. The van der Waals surface area contributed by atoms with Gasteiger partial charge in [0.15, 0.2) is 0 Å². The zero-order valence-electron chi connectivity index (χ0n) is 10.6.